The first-order valence-electron chi connectivity index (χ1n) is 4.68. The molecule has 2 N–H and O–H groups in total. The molecule has 0 atom stereocenters. The number of imidazole rings is 1. The van der Waals surface area contributed by atoms with E-state index in [2.05, 4.69) is 4.98 Å². The van der Waals surface area contributed by atoms with Crippen molar-refractivity contribution < 1.29 is 4.39 Å². The van der Waals surface area contributed by atoms with E-state index in [0.29, 0.717) is 12.2 Å². The van der Waals surface area contributed by atoms with Crippen LogP contribution in [0.5, 0.6) is 0 Å². The zero-order valence-electron chi connectivity index (χ0n) is 8.44. The van der Waals surface area contributed by atoms with E-state index in [1.54, 1.807) is 12.3 Å². The van der Waals surface area contributed by atoms with Gasteiger partial charge in [-0.25, -0.2) is 9.37 Å². The predicted molar refractivity (Wildman–Crippen MR) is 56.9 cm³/mol. The fourth-order valence-electron chi connectivity index (χ4n) is 1.47. The summed E-state index contributed by atoms with van der Waals surface area (Å²) in [6, 6.07) is 4.39. The van der Waals surface area contributed by atoms with Gasteiger partial charge < -0.3 is 10.3 Å². The fourth-order valence-corrected chi connectivity index (χ4v) is 1.47. The van der Waals surface area contributed by atoms with Crippen molar-refractivity contribution in [2.45, 2.75) is 13.5 Å². The molecule has 0 aliphatic rings. The highest BCUT2D eigenvalue weighted by Crippen LogP contribution is 2.15. The number of nitrogens with two attached hydrogens (primary N) is 1. The Kier molecular flexibility index (Phi) is 2.41. The smallest absolute Gasteiger partial charge is 0.123 e. The number of nitrogens with zero attached hydrogens (tertiary/aromatic N) is 2. The topological polar surface area (TPSA) is 43.8 Å². The quantitative estimate of drug-likeness (QED) is 0.761. The summed E-state index contributed by atoms with van der Waals surface area (Å²) in [6.07, 6.45) is 3.56. The van der Waals surface area contributed by atoms with Gasteiger partial charge in [-0.2, -0.15) is 0 Å². The summed E-state index contributed by atoms with van der Waals surface area (Å²) in [4.78, 5) is 4.09. The summed E-state index contributed by atoms with van der Waals surface area (Å²) < 4.78 is 14.9. The highest BCUT2D eigenvalue weighted by molar-refractivity contribution is 5.46. The zero-order valence-corrected chi connectivity index (χ0v) is 8.44. The molecule has 1 aromatic heterocycles. The molecule has 1 aromatic carbocycles. The van der Waals surface area contributed by atoms with Crippen molar-refractivity contribution in [2.24, 2.45) is 0 Å². The first-order chi connectivity index (χ1) is 7.16. The zero-order chi connectivity index (χ0) is 10.8. The van der Waals surface area contributed by atoms with E-state index in [1.807, 2.05) is 17.7 Å². The largest absolute Gasteiger partial charge is 0.398 e. The second-order valence-corrected chi connectivity index (χ2v) is 3.45. The highest BCUT2D eigenvalue weighted by atomic mass is 19.1. The molecule has 0 fully saturated rings. The maximum Gasteiger partial charge on any atom is 0.123 e. The fraction of sp³-hybridized carbons (Fsp3) is 0.182. The van der Waals surface area contributed by atoms with Crippen LogP contribution in [0.3, 0.4) is 0 Å². The van der Waals surface area contributed by atoms with E-state index < -0.39 is 0 Å². The molecule has 2 aromatic rings. The van der Waals surface area contributed by atoms with Crippen LogP contribution in [-0.2, 0) is 6.54 Å². The van der Waals surface area contributed by atoms with Crippen molar-refractivity contribution >= 4 is 5.69 Å². The van der Waals surface area contributed by atoms with Gasteiger partial charge in [0, 0.05) is 18.1 Å². The molecular weight excluding hydrogens is 193 g/mol. The van der Waals surface area contributed by atoms with E-state index in [-0.39, 0.29) is 5.82 Å². The molecule has 15 heavy (non-hydrogen) atoms. The molecular formula is C11H12FN3. The maximum absolute atomic E-state index is 13.0. The Bertz CT molecular complexity index is 476. The minimum absolute atomic E-state index is 0.267. The molecule has 0 saturated carbocycles. The number of halogens is 1. The maximum atomic E-state index is 13.0. The highest BCUT2D eigenvalue weighted by Gasteiger charge is 2.03. The number of anilines is 1. The molecule has 0 spiro atoms. The van der Waals surface area contributed by atoms with Crippen LogP contribution < -0.4 is 5.73 Å². The number of nitrogen functional groups attached to an aromatic ring is 1. The third kappa shape index (κ3) is 1.98. The Labute approximate surface area is 87.4 Å². The molecule has 2 rings (SSSR count). The third-order valence-electron chi connectivity index (χ3n) is 2.37. The molecule has 0 aliphatic heterocycles. The molecule has 0 bridgehead atoms. The molecule has 0 saturated heterocycles. The van der Waals surface area contributed by atoms with Crippen LogP contribution in [0.2, 0.25) is 0 Å². The van der Waals surface area contributed by atoms with Crippen molar-refractivity contribution in [3.8, 4) is 0 Å². The third-order valence-corrected chi connectivity index (χ3v) is 2.37. The van der Waals surface area contributed by atoms with Crippen LogP contribution >= 0.6 is 0 Å². The predicted octanol–water partition coefficient (Wildman–Crippen LogP) is 1.96. The van der Waals surface area contributed by atoms with E-state index >= 15 is 0 Å². The van der Waals surface area contributed by atoms with Gasteiger partial charge in [0.2, 0.25) is 0 Å². The van der Waals surface area contributed by atoms with Crippen LogP contribution in [0, 0.1) is 12.7 Å². The Morgan fingerprint density at radius 2 is 2.27 bits per heavy atom. The standard InChI is InChI=1S/C11H12FN3/c1-8-14-4-5-15(8)7-9-6-10(12)2-3-11(9)13/h2-6H,7,13H2,1H3. The van der Waals surface area contributed by atoms with Gasteiger partial charge in [0.05, 0.1) is 6.54 Å². The van der Waals surface area contributed by atoms with Gasteiger partial charge in [0.25, 0.3) is 0 Å². The number of hydrogen-bond acceptors (Lipinski definition) is 2. The summed E-state index contributed by atoms with van der Waals surface area (Å²) in [7, 11) is 0. The average molecular weight is 205 g/mol. The SMILES string of the molecule is Cc1nccn1Cc1cc(F)ccc1N. The van der Waals surface area contributed by atoms with E-state index in [4.69, 9.17) is 5.73 Å². The lowest BCUT2D eigenvalue weighted by Crippen LogP contribution is -2.04. The van der Waals surface area contributed by atoms with E-state index in [0.717, 1.165) is 11.4 Å². The molecule has 4 heteroatoms. The summed E-state index contributed by atoms with van der Waals surface area (Å²) in [5.41, 5.74) is 7.13. The Hall–Kier alpha value is -1.84. The van der Waals surface area contributed by atoms with Crippen LogP contribution in [-0.4, -0.2) is 9.55 Å². The van der Waals surface area contributed by atoms with Crippen molar-refractivity contribution in [1.82, 2.24) is 9.55 Å². The molecule has 1 heterocycles. The lowest BCUT2D eigenvalue weighted by molar-refractivity contribution is 0.623. The van der Waals surface area contributed by atoms with Crippen LogP contribution in [0.15, 0.2) is 30.6 Å². The van der Waals surface area contributed by atoms with E-state index in [9.17, 15) is 4.39 Å². The number of aromatic nitrogens is 2. The first-order valence-corrected chi connectivity index (χ1v) is 4.68. The number of hydrogen-bond donors (Lipinski definition) is 1. The minimum atomic E-state index is -0.267. The van der Waals surface area contributed by atoms with Crippen LogP contribution in [0.1, 0.15) is 11.4 Å². The number of aryl methyl sites for hydroxylation is 1. The summed E-state index contributed by atoms with van der Waals surface area (Å²) in [5, 5.41) is 0. The van der Waals surface area contributed by atoms with Crippen molar-refractivity contribution in [1.29, 1.82) is 0 Å². The Morgan fingerprint density at radius 1 is 1.47 bits per heavy atom. The molecule has 0 radical (unpaired) electrons. The van der Waals surface area contributed by atoms with Gasteiger partial charge >= 0.3 is 0 Å². The summed E-state index contributed by atoms with van der Waals surface area (Å²) in [6.45, 7) is 2.45. The van der Waals surface area contributed by atoms with Gasteiger partial charge in [-0.3, -0.25) is 0 Å². The summed E-state index contributed by atoms with van der Waals surface area (Å²) >= 11 is 0. The second kappa shape index (κ2) is 3.73. The monoisotopic (exact) mass is 205 g/mol. The Balaban J connectivity index is 2.32. The normalized spacial score (nSPS) is 10.5. The molecule has 3 nitrogen and oxygen atoms in total. The lowest BCUT2D eigenvalue weighted by atomic mass is 10.2. The van der Waals surface area contributed by atoms with Gasteiger partial charge in [-0.15, -0.1) is 0 Å². The van der Waals surface area contributed by atoms with Crippen molar-refractivity contribution in [3.63, 3.8) is 0 Å². The number of rotatable bonds is 2. The second-order valence-electron chi connectivity index (χ2n) is 3.45. The average Bonchev–Trinajstić information content (AvgIpc) is 2.58. The van der Waals surface area contributed by atoms with Crippen LogP contribution in [0.4, 0.5) is 10.1 Å². The first kappa shape index (κ1) is 9.71. The molecule has 0 aliphatic carbocycles. The molecule has 0 amide bonds. The molecule has 0 unspecified atom stereocenters. The minimum Gasteiger partial charge on any atom is -0.398 e. The Morgan fingerprint density at radius 3 is 2.93 bits per heavy atom. The summed E-state index contributed by atoms with van der Waals surface area (Å²) in [5.74, 6) is 0.621. The van der Waals surface area contributed by atoms with E-state index in [1.165, 1.54) is 12.1 Å². The van der Waals surface area contributed by atoms with Gasteiger partial charge in [-0.05, 0) is 30.7 Å². The van der Waals surface area contributed by atoms with Gasteiger partial charge in [0.15, 0.2) is 0 Å². The van der Waals surface area contributed by atoms with Crippen LogP contribution in [0.25, 0.3) is 0 Å². The van der Waals surface area contributed by atoms with Crippen molar-refractivity contribution in [2.75, 3.05) is 5.73 Å². The number of benzene rings is 1. The van der Waals surface area contributed by atoms with Gasteiger partial charge in [-0.1, -0.05) is 0 Å². The van der Waals surface area contributed by atoms with Crippen molar-refractivity contribution in [3.05, 3.63) is 47.8 Å². The lowest BCUT2D eigenvalue weighted by Gasteiger charge is -2.08. The van der Waals surface area contributed by atoms with Gasteiger partial charge in [0.1, 0.15) is 11.6 Å². The molecule has 78 valence electrons.